The van der Waals surface area contributed by atoms with Crippen LogP contribution < -0.4 is 5.32 Å². The van der Waals surface area contributed by atoms with E-state index in [0.717, 1.165) is 24.0 Å². The molecule has 2 N–H and O–H groups in total. The van der Waals surface area contributed by atoms with Crippen molar-refractivity contribution in [3.8, 4) is 11.5 Å². The van der Waals surface area contributed by atoms with Crippen LogP contribution in [0.4, 0.5) is 10.6 Å². The van der Waals surface area contributed by atoms with E-state index in [1.54, 1.807) is 42.3 Å². The zero-order chi connectivity index (χ0) is 27.8. The first kappa shape index (κ1) is 26.3. The molecule has 40 heavy (non-hydrogen) atoms. The predicted molar refractivity (Wildman–Crippen MR) is 143 cm³/mol. The molecule has 3 aromatic rings. The summed E-state index contributed by atoms with van der Waals surface area (Å²) in [6, 6.07) is 7.52. The molecule has 2 amide bonds. The lowest BCUT2D eigenvalue weighted by Crippen LogP contribution is -2.45. The normalized spacial score (nSPS) is 23.0. The minimum absolute atomic E-state index is 0.0406. The van der Waals surface area contributed by atoms with Crippen LogP contribution in [0.25, 0.3) is 11.5 Å². The number of amides is 2. The molecule has 0 spiro atoms. The first-order valence-electron chi connectivity index (χ1n) is 13.7. The zero-order valence-electron chi connectivity index (χ0n) is 22.6. The van der Waals surface area contributed by atoms with E-state index in [-0.39, 0.29) is 30.5 Å². The van der Waals surface area contributed by atoms with E-state index in [2.05, 4.69) is 42.8 Å². The van der Waals surface area contributed by atoms with E-state index >= 15 is 0 Å². The number of aliphatic hydroxyl groups is 1. The van der Waals surface area contributed by atoms with Crippen LogP contribution in [0.3, 0.4) is 0 Å². The monoisotopic (exact) mass is 547 g/mol. The summed E-state index contributed by atoms with van der Waals surface area (Å²) in [5, 5.41) is 23.9. The number of aromatic nitrogens is 6. The van der Waals surface area contributed by atoms with Crippen LogP contribution in [0.1, 0.15) is 60.3 Å². The summed E-state index contributed by atoms with van der Waals surface area (Å²) in [6.45, 7) is 2.58. The first-order valence-corrected chi connectivity index (χ1v) is 13.7. The smallest absolute Gasteiger partial charge is 0.410 e. The minimum atomic E-state index is -0.419. The number of tetrazole rings is 1. The Bertz CT molecular complexity index is 1400. The number of hydrogen-bond acceptors (Lipinski definition) is 10. The van der Waals surface area contributed by atoms with Crippen molar-refractivity contribution >= 4 is 17.8 Å². The van der Waals surface area contributed by atoms with Crippen molar-refractivity contribution in [3.63, 3.8) is 0 Å². The Hall–Kier alpha value is -3.97. The lowest BCUT2D eigenvalue weighted by Gasteiger charge is -2.37. The molecule has 3 atom stereocenters. The maximum Gasteiger partial charge on any atom is 0.410 e. The number of nitrogens with one attached hydrogen (secondary N) is 1. The van der Waals surface area contributed by atoms with Gasteiger partial charge in [-0.15, -0.1) is 5.10 Å². The van der Waals surface area contributed by atoms with E-state index in [0.29, 0.717) is 48.9 Å². The molecule has 0 aliphatic carbocycles. The van der Waals surface area contributed by atoms with Gasteiger partial charge in [0, 0.05) is 44.2 Å². The molecule has 2 bridgehead atoms. The second kappa shape index (κ2) is 10.9. The van der Waals surface area contributed by atoms with Crippen LogP contribution in [0.15, 0.2) is 30.5 Å². The Labute approximate surface area is 231 Å². The van der Waals surface area contributed by atoms with Crippen LogP contribution in [0.2, 0.25) is 0 Å². The highest BCUT2D eigenvalue weighted by molar-refractivity contribution is 6.02. The Kier molecular flexibility index (Phi) is 7.15. The Morgan fingerprint density at radius 2 is 2.00 bits per heavy atom. The van der Waals surface area contributed by atoms with Crippen LogP contribution in [0.5, 0.6) is 0 Å². The molecule has 0 aromatic carbocycles. The maximum atomic E-state index is 13.1. The Balaban J connectivity index is 1.11. The predicted octanol–water partition coefficient (Wildman–Crippen LogP) is 2.06. The number of nitrogens with zero attached hydrogens (tertiary/aromatic N) is 8. The highest BCUT2D eigenvalue weighted by Crippen LogP contribution is 2.36. The van der Waals surface area contributed by atoms with Crippen molar-refractivity contribution in [2.45, 2.75) is 69.8 Å². The molecular formula is C27H33N9O4. The average molecular weight is 548 g/mol. The summed E-state index contributed by atoms with van der Waals surface area (Å²) < 4.78 is 7.41. The van der Waals surface area contributed by atoms with Gasteiger partial charge in [0.2, 0.25) is 5.82 Å². The lowest BCUT2D eigenvalue weighted by molar-refractivity contribution is 0.00900. The fraction of sp³-hybridized carbons (Fsp3) is 0.519. The van der Waals surface area contributed by atoms with E-state index < -0.39 is 5.91 Å². The van der Waals surface area contributed by atoms with Crippen LogP contribution in [-0.4, -0.2) is 95.5 Å². The van der Waals surface area contributed by atoms with Gasteiger partial charge in [0.05, 0.1) is 12.6 Å². The molecule has 13 heteroatoms. The lowest BCUT2D eigenvalue weighted by atomic mass is 10.0. The maximum absolute atomic E-state index is 13.1. The number of hydrogen-bond donors (Lipinski definition) is 2. The second-order valence-electron chi connectivity index (χ2n) is 10.9. The molecule has 3 unspecified atom stereocenters. The van der Waals surface area contributed by atoms with Crippen molar-refractivity contribution in [1.82, 2.24) is 40.0 Å². The number of carbonyl (C=O) groups excluding carboxylic acids is 2. The van der Waals surface area contributed by atoms with E-state index in [1.807, 2.05) is 0 Å². The highest BCUT2D eigenvalue weighted by Gasteiger charge is 2.40. The summed E-state index contributed by atoms with van der Waals surface area (Å²) in [5.74, 6) is 0.271. The highest BCUT2D eigenvalue weighted by atomic mass is 16.6. The molecule has 0 saturated carbocycles. The molecule has 0 radical (unpaired) electrons. The van der Waals surface area contributed by atoms with Crippen molar-refractivity contribution in [3.05, 3.63) is 47.3 Å². The van der Waals surface area contributed by atoms with Gasteiger partial charge in [0.1, 0.15) is 23.3 Å². The van der Waals surface area contributed by atoms with Gasteiger partial charge >= 0.3 is 6.09 Å². The number of anilines is 1. The molecule has 3 aromatic heterocycles. The van der Waals surface area contributed by atoms with Crippen molar-refractivity contribution in [1.29, 1.82) is 0 Å². The molecule has 210 valence electrons. The number of aliphatic hydroxyl groups excluding tert-OH is 1. The molecule has 6 heterocycles. The number of carbonyl (C=O) groups is 2. The standard InChI is InChI=1S/C27H33N9O4/c1-16(15-37)36-25(31-32-33-36)22-4-3-5-24(29-22)30-26(38)23-10-18-14-35(9-8-17(18)13-28-23)27(39)40-21-11-19-6-7-20(12-21)34(19)2/h3-5,10,13,16,19-21,37H,6-9,11-12,14-15H2,1-2H3,(H,29,30,38). The van der Waals surface area contributed by atoms with Crippen LogP contribution >= 0.6 is 0 Å². The molecular weight excluding hydrogens is 514 g/mol. The molecule has 6 rings (SSSR count). The topological polar surface area (TPSA) is 151 Å². The number of piperidine rings is 1. The fourth-order valence-electron chi connectivity index (χ4n) is 5.94. The summed E-state index contributed by atoms with van der Waals surface area (Å²) in [5.41, 5.74) is 2.58. The summed E-state index contributed by atoms with van der Waals surface area (Å²) >= 11 is 0. The third-order valence-corrected chi connectivity index (χ3v) is 8.30. The molecule has 2 saturated heterocycles. The van der Waals surface area contributed by atoms with E-state index in [4.69, 9.17) is 4.74 Å². The number of pyridine rings is 2. The molecule has 2 fully saturated rings. The number of fused-ring (bicyclic) bond motifs is 3. The van der Waals surface area contributed by atoms with E-state index in [9.17, 15) is 14.7 Å². The minimum Gasteiger partial charge on any atom is -0.446 e. The summed E-state index contributed by atoms with van der Waals surface area (Å²) in [7, 11) is 2.17. The van der Waals surface area contributed by atoms with Crippen molar-refractivity contribution in [2.75, 3.05) is 25.5 Å². The number of ether oxygens (including phenoxy) is 1. The van der Waals surface area contributed by atoms with Gasteiger partial charge in [0.25, 0.3) is 5.91 Å². The fourth-order valence-corrected chi connectivity index (χ4v) is 5.94. The van der Waals surface area contributed by atoms with Crippen LogP contribution in [0, 0.1) is 0 Å². The van der Waals surface area contributed by atoms with Crippen LogP contribution in [-0.2, 0) is 17.7 Å². The van der Waals surface area contributed by atoms with Gasteiger partial charge in [-0.25, -0.2) is 14.5 Å². The number of rotatable bonds is 6. The van der Waals surface area contributed by atoms with Gasteiger partial charge in [-0.3, -0.25) is 9.78 Å². The van der Waals surface area contributed by atoms with Crippen molar-refractivity contribution < 1.29 is 19.4 Å². The largest absolute Gasteiger partial charge is 0.446 e. The third kappa shape index (κ3) is 5.13. The molecule has 3 aliphatic rings. The average Bonchev–Trinajstić information content (AvgIpc) is 3.53. The quantitative estimate of drug-likeness (QED) is 0.469. The second-order valence-corrected chi connectivity index (χ2v) is 10.9. The van der Waals surface area contributed by atoms with Gasteiger partial charge < -0.3 is 25.0 Å². The molecule has 3 aliphatic heterocycles. The molecule has 13 nitrogen and oxygen atoms in total. The van der Waals surface area contributed by atoms with E-state index in [1.165, 1.54) is 17.5 Å². The van der Waals surface area contributed by atoms with Gasteiger partial charge in [-0.2, -0.15) is 0 Å². The third-order valence-electron chi connectivity index (χ3n) is 8.30. The summed E-state index contributed by atoms with van der Waals surface area (Å²) in [4.78, 5) is 39.1. The summed E-state index contributed by atoms with van der Waals surface area (Å²) in [6.07, 6.45) is 6.15. The Morgan fingerprint density at radius 1 is 1.20 bits per heavy atom. The van der Waals surface area contributed by atoms with Gasteiger partial charge in [0.15, 0.2) is 0 Å². The van der Waals surface area contributed by atoms with Gasteiger partial charge in [-0.05, 0) is 73.0 Å². The Morgan fingerprint density at radius 3 is 2.77 bits per heavy atom. The van der Waals surface area contributed by atoms with Gasteiger partial charge in [-0.1, -0.05) is 6.07 Å². The zero-order valence-corrected chi connectivity index (χ0v) is 22.6. The van der Waals surface area contributed by atoms with Crippen molar-refractivity contribution in [2.24, 2.45) is 0 Å². The first-order chi connectivity index (χ1) is 19.4. The SMILES string of the molecule is CC(CO)n1nnnc1-c1cccc(NC(=O)c2cc3c(cn2)CCN(C(=O)OC2CC4CCC(C2)N4C)C3)n1.